The Balaban J connectivity index is 3.17. The number of nitro groups is 1. The van der Waals surface area contributed by atoms with Gasteiger partial charge < -0.3 is 14.7 Å². The smallest absolute Gasteiger partial charge is 0.358 e. The molecule has 5 nitrogen and oxygen atoms in total. The monoisotopic (exact) mass is 233 g/mol. The van der Waals surface area contributed by atoms with Gasteiger partial charge in [0.1, 0.15) is 5.69 Å². The van der Waals surface area contributed by atoms with E-state index in [9.17, 15) is 10.1 Å². The lowest BCUT2D eigenvalue weighted by Gasteiger charge is -1.98. The van der Waals surface area contributed by atoms with Gasteiger partial charge in [-0.15, -0.1) is 0 Å². The Labute approximate surface area is 91.5 Å². The molecule has 0 aliphatic rings. The molecule has 1 aromatic rings. The topological polar surface area (TPSA) is 61.0 Å². The van der Waals surface area contributed by atoms with E-state index in [0.717, 1.165) is 0 Å². The Morgan fingerprint density at radius 3 is 2.71 bits per heavy atom. The van der Waals surface area contributed by atoms with Crippen LogP contribution in [0.1, 0.15) is 11.5 Å². The van der Waals surface area contributed by atoms with Gasteiger partial charge in [0.2, 0.25) is 5.82 Å². The van der Waals surface area contributed by atoms with Gasteiger partial charge in [-0.05, 0) is 16.2 Å². The summed E-state index contributed by atoms with van der Waals surface area (Å²) < 4.78 is 1.74. The largest absolute Gasteiger partial charge is 0.386 e. The molecule has 0 saturated heterocycles. The second-order valence-electron chi connectivity index (χ2n) is 2.71. The van der Waals surface area contributed by atoms with Crippen LogP contribution in [0.5, 0.6) is 0 Å². The highest BCUT2D eigenvalue weighted by atomic mass is 32.2. The Morgan fingerprint density at radius 1 is 1.71 bits per heavy atom. The highest BCUT2D eigenvalue weighted by Crippen LogP contribution is 2.21. The Hall–Kier alpha value is -0.690. The van der Waals surface area contributed by atoms with Gasteiger partial charge in [0.15, 0.2) is 0 Å². The van der Waals surface area contributed by atoms with E-state index in [4.69, 9.17) is 0 Å². The Bertz CT molecular complexity index is 351. The first-order chi connectivity index (χ1) is 6.61. The molecule has 7 heteroatoms. The molecule has 78 valence electrons. The standard InChI is InChI=1S/C7H11N3O2S2/c1-9-5(3-13)7(10(11)12)8-6(9)4-14-2/h13H,3-4H2,1-2H3. The molecule has 0 amide bonds. The molecule has 0 radical (unpaired) electrons. The average molecular weight is 233 g/mol. The highest BCUT2D eigenvalue weighted by Gasteiger charge is 2.23. The van der Waals surface area contributed by atoms with Gasteiger partial charge >= 0.3 is 5.82 Å². The lowest BCUT2D eigenvalue weighted by Crippen LogP contribution is -1.99. The maximum Gasteiger partial charge on any atom is 0.386 e. The molecule has 0 aromatic carbocycles. The number of imidazole rings is 1. The number of hydrogen-bond donors (Lipinski definition) is 1. The molecule has 0 atom stereocenters. The molecule has 0 aliphatic carbocycles. The minimum Gasteiger partial charge on any atom is -0.358 e. The van der Waals surface area contributed by atoms with Crippen molar-refractivity contribution in [2.75, 3.05) is 6.26 Å². The third-order valence-electron chi connectivity index (χ3n) is 1.88. The molecule has 1 aromatic heterocycles. The number of rotatable bonds is 4. The van der Waals surface area contributed by atoms with Gasteiger partial charge in [0.05, 0.1) is 5.75 Å². The predicted molar refractivity (Wildman–Crippen MR) is 59.8 cm³/mol. The van der Waals surface area contributed by atoms with Crippen LogP contribution >= 0.6 is 24.4 Å². The van der Waals surface area contributed by atoms with Gasteiger partial charge in [-0.25, -0.2) is 0 Å². The zero-order valence-corrected chi connectivity index (χ0v) is 9.64. The maximum absolute atomic E-state index is 10.6. The molecule has 0 bridgehead atoms. The van der Waals surface area contributed by atoms with Crippen molar-refractivity contribution in [2.45, 2.75) is 11.5 Å². The molecule has 0 N–H and O–H groups in total. The molecular weight excluding hydrogens is 222 g/mol. The summed E-state index contributed by atoms with van der Waals surface area (Å²) in [5.74, 6) is 1.64. The van der Waals surface area contributed by atoms with Crippen molar-refractivity contribution in [3.63, 3.8) is 0 Å². The van der Waals surface area contributed by atoms with Crippen molar-refractivity contribution >= 4 is 30.2 Å². The van der Waals surface area contributed by atoms with Crippen molar-refractivity contribution in [3.05, 3.63) is 21.6 Å². The van der Waals surface area contributed by atoms with Gasteiger partial charge in [0, 0.05) is 12.8 Å². The molecule has 0 aliphatic heterocycles. The van der Waals surface area contributed by atoms with Crippen LogP contribution in [0.3, 0.4) is 0 Å². The van der Waals surface area contributed by atoms with Crippen molar-refractivity contribution in [3.8, 4) is 0 Å². The SMILES string of the molecule is CSCc1nc([N+](=O)[O-])c(CS)n1C. The lowest BCUT2D eigenvalue weighted by atomic mass is 10.5. The van der Waals surface area contributed by atoms with Crippen molar-refractivity contribution in [1.29, 1.82) is 0 Å². The summed E-state index contributed by atoms with van der Waals surface area (Å²) >= 11 is 5.64. The Morgan fingerprint density at radius 2 is 2.36 bits per heavy atom. The normalized spacial score (nSPS) is 10.5. The van der Waals surface area contributed by atoms with Gasteiger partial charge in [-0.1, -0.05) is 0 Å². The maximum atomic E-state index is 10.6. The van der Waals surface area contributed by atoms with Gasteiger partial charge in [0.25, 0.3) is 0 Å². The summed E-state index contributed by atoms with van der Waals surface area (Å²) in [5.41, 5.74) is 0.558. The highest BCUT2D eigenvalue weighted by molar-refractivity contribution is 7.97. The van der Waals surface area contributed by atoms with E-state index < -0.39 is 4.92 Å². The summed E-state index contributed by atoms with van der Waals surface area (Å²) in [6, 6.07) is 0. The summed E-state index contributed by atoms with van der Waals surface area (Å²) in [5, 5.41) is 10.6. The molecule has 1 rings (SSSR count). The minimum absolute atomic E-state index is 0.0773. The van der Waals surface area contributed by atoms with Crippen LogP contribution in [0.2, 0.25) is 0 Å². The zero-order valence-electron chi connectivity index (χ0n) is 7.93. The number of thioether (sulfide) groups is 1. The summed E-state index contributed by atoms with van der Waals surface area (Å²) in [7, 11) is 1.77. The van der Waals surface area contributed by atoms with Crippen molar-refractivity contribution in [2.24, 2.45) is 7.05 Å². The van der Waals surface area contributed by atoms with Crippen LogP contribution < -0.4 is 0 Å². The van der Waals surface area contributed by atoms with E-state index in [-0.39, 0.29) is 5.82 Å². The summed E-state index contributed by atoms with van der Waals surface area (Å²) in [6.07, 6.45) is 1.93. The molecule has 0 unspecified atom stereocenters. The van der Waals surface area contributed by atoms with Gasteiger partial charge in [-0.2, -0.15) is 24.4 Å². The van der Waals surface area contributed by atoms with E-state index in [1.807, 2.05) is 6.26 Å². The van der Waals surface area contributed by atoms with Crippen molar-refractivity contribution < 1.29 is 4.92 Å². The zero-order chi connectivity index (χ0) is 10.7. The predicted octanol–water partition coefficient (Wildman–Crippen LogP) is 1.62. The fraction of sp³-hybridized carbons (Fsp3) is 0.571. The fourth-order valence-electron chi connectivity index (χ4n) is 1.15. The number of hydrogen-bond acceptors (Lipinski definition) is 5. The lowest BCUT2D eigenvalue weighted by molar-refractivity contribution is -0.390. The molecular formula is C7H11N3O2S2. The molecule has 0 saturated carbocycles. The Kier molecular flexibility index (Phi) is 3.82. The first-order valence-corrected chi connectivity index (χ1v) is 5.93. The summed E-state index contributed by atoms with van der Waals surface area (Å²) in [6.45, 7) is 0. The molecule has 14 heavy (non-hydrogen) atoms. The number of thiol groups is 1. The van der Waals surface area contributed by atoms with E-state index >= 15 is 0 Å². The second-order valence-corrected chi connectivity index (χ2v) is 3.89. The molecule has 0 spiro atoms. The van der Waals surface area contributed by atoms with Gasteiger partial charge in [-0.3, -0.25) is 0 Å². The van der Waals surface area contributed by atoms with E-state index in [0.29, 0.717) is 23.0 Å². The minimum atomic E-state index is -0.463. The van der Waals surface area contributed by atoms with E-state index in [2.05, 4.69) is 17.6 Å². The third kappa shape index (κ3) is 2.03. The first kappa shape index (κ1) is 11.4. The van der Waals surface area contributed by atoms with Crippen LogP contribution in [0.25, 0.3) is 0 Å². The van der Waals surface area contributed by atoms with E-state index in [1.54, 1.807) is 23.4 Å². The van der Waals surface area contributed by atoms with Crippen LogP contribution in [-0.4, -0.2) is 20.7 Å². The second kappa shape index (κ2) is 4.70. The third-order valence-corrected chi connectivity index (χ3v) is 2.73. The van der Waals surface area contributed by atoms with Crippen LogP contribution in [-0.2, 0) is 18.6 Å². The van der Waals surface area contributed by atoms with Crippen LogP contribution in [0.15, 0.2) is 0 Å². The van der Waals surface area contributed by atoms with Crippen LogP contribution in [0, 0.1) is 10.1 Å². The van der Waals surface area contributed by atoms with Crippen LogP contribution in [0.4, 0.5) is 5.82 Å². The fourth-order valence-corrected chi connectivity index (χ4v) is 2.02. The number of nitrogens with zero attached hydrogens (tertiary/aromatic N) is 3. The summed E-state index contributed by atoms with van der Waals surface area (Å²) in [4.78, 5) is 14.1. The number of aromatic nitrogens is 2. The quantitative estimate of drug-likeness (QED) is 0.487. The van der Waals surface area contributed by atoms with Crippen molar-refractivity contribution in [1.82, 2.24) is 9.55 Å². The average Bonchev–Trinajstić information content (AvgIpc) is 2.44. The molecule has 0 fully saturated rings. The molecule has 1 heterocycles. The van der Waals surface area contributed by atoms with E-state index in [1.165, 1.54) is 0 Å². The first-order valence-electron chi connectivity index (χ1n) is 3.90.